The summed E-state index contributed by atoms with van der Waals surface area (Å²) in [5.74, 6) is 0. The van der Waals surface area contributed by atoms with Gasteiger partial charge in [0.25, 0.3) is 0 Å². The number of aryl methyl sites for hydroxylation is 1. The molecule has 0 saturated heterocycles. The highest BCUT2D eigenvalue weighted by atomic mass is 79.9. The first-order valence-corrected chi connectivity index (χ1v) is 4.85. The molecule has 13 heavy (non-hydrogen) atoms. The molecule has 0 fully saturated rings. The fourth-order valence-corrected chi connectivity index (χ4v) is 1.71. The Morgan fingerprint density at radius 3 is 2.69 bits per heavy atom. The van der Waals surface area contributed by atoms with Gasteiger partial charge in [-0.3, -0.25) is 0 Å². The molecule has 1 aromatic heterocycles. The Balaban J connectivity index is 2.53. The molecule has 1 aromatic carbocycles. The molecule has 2 heteroatoms. The van der Waals surface area contributed by atoms with Gasteiger partial charge in [-0.1, -0.05) is 28.1 Å². The molecule has 1 heterocycles. The maximum Gasteiger partial charge on any atom is 0.0983 e. The zero-order chi connectivity index (χ0) is 9.26. The summed E-state index contributed by atoms with van der Waals surface area (Å²) < 4.78 is 6.21. The third-order valence-corrected chi connectivity index (χ3v) is 2.48. The van der Waals surface area contributed by atoms with Gasteiger partial charge in [0, 0.05) is 10.0 Å². The van der Waals surface area contributed by atoms with Crippen LogP contribution in [0.2, 0.25) is 0 Å². The van der Waals surface area contributed by atoms with Gasteiger partial charge >= 0.3 is 0 Å². The van der Waals surface area contributed by atoms with Crippen molar-refractivity contribution < 1.29 is 4.42 Å². The van der Waals surface area contributed by atoms with E-state index < -0.39 is 0 Å². The quantitative estimate of drug-likeness (QED) is 0.730. The van der Waals surface area contributed by atoms with Gasteiger partial charge in [-0.25, -0.2) is 0 Å². The van der Waals surface area contributed by atoms with Crippen molar-refractivity contribution in [3.05, 3.63) is 46.8 Å². The Morgan fingerprint density at radius 1 is 1.23 bits per heavy atom. The molecule has 0 bridgehead atoms. The fourth-order valence-electron chi connectivity index (χ4n) is 1.31. The van der Waals surface area contributed by atoms with E-state index in [0.29, 0.717) is 0 Å². The summed E-state index contributed by atoms with van der Waals surface area (Å²) in [5.41, 5.74) is 3.50. The van der Waals surface area contributed by atoms with Crippen LogP contribution >= 0.6 is 15.9 Å². The van der Waals surface area contributed by atoms with Crippen LogP contribution < -0.4 is 0 Å². The molecule has 2 rings (SSSR count). The highest BCUT2D eigenvalue weighted by Crippen LogP contribution is 2.26. The van der Waals surface area contributed by atoms with Crippen LogP contribution in [0.15, 0.2) is 45.7 Å². The van der Waals surface area contributed by atoms with Crippen molar-refractivity contribution >= 4 is 15.9 Å². The average molecular weight is 237 g/mol. The van der Waals surface area contributed by atoms with E-state index in [-0.39, 0.29) is 0 Å². The summed E-state index contributed by atoms with van der Waals surface area (Å²) in [6, 6.07) is 8.19. The Morgan fingerprint density at radius 2 is 2.08 bits per heavy atom. The number of hydrogen-bond donors (Lipinski definition) is 0. The minimum atomic E-state index is 1.09. The van der Waals surface area contributed by atoms with Crippen molar-refractivity contribution in [1.82, 2.24) is 0 Å². The maximum atomic E-state index is 5.12. The van der Waals surface area contributed by atoms with Crippen LogP contribution in [0.4, 0.5) is 0 Å². The molecule has 1 nitrogen and oxygen atoms in total. The second-order valence-corrected chi connectivity index (χ2v) is 3.89. The van der Waals surface area contributed by atoms with E-state index in [4.69, 9.17) is 4.42 Å². The van der Waals surface area contributed by atoms with Crippen molar-refractivity contribution in [2.45, 2.75) is 6.92 Å². The van der Waals surface area contributed by atoms with Crippen LogP contribution in [0.25, 0.3) is 11.1 Å². The minimum absolute atomic E-state index is 1.09. The van der Waals surface area contributed by atoms with Gasteiger partial charge in [0.1, 0.15) is 0 Å². The van der Waals surface area contributed by atoms with Crippen molar-refractivity contribution in [2.75, 3.05) is 0 Å². The smallest absolute Gasteiger partial charge is 0.0983 e. The predicted molar refractivity (Wildman–Crippen MR) is 56.6 cm³/mol. The Bertz CT molecular complexity index is 418. The second kappa shape index (κ2) is 3.38. The van der Waals surface area contributed by atoms with Gasteiger partial charge in [-0.2, -0.15) is 0 Å². The van der Waals surface area contributed by atoms with Gasteiger partial charge in [0.15, 0.2) is 0 Å². The zero-order valence-electron chi connectivity index (χ0n) is 7.25. The molecular formula is C11H9BrO. The Kier molecular flexibility index (Phi) is 2.23. The first-order valence-electron chi connectivity index (χ1n) is 4.06. The third-order valence-electron chi connectivity index (χ3n) is 1.99. The summed E-state index contributed by atoms with van der Waals surface area (Å²) in [6.45, 7) is 2.04. The lowest BCUT2D eigenvalue weighted by atomic mass is 10.1. The van der Waals surface area contributed by atoms with E-state index in [0.717, 1.165) is 15.6 Å². The molecule has 0 saturated carbocycles. The molecule has 0 unspecified atom stereocenters. The van der Waals surface area contributed by atoms with Crippen LogP contribution in [-0.2, 0) is 0 Å². The van der Waals surface area contributed by atoms with Crippen molar-refractivity contribution in [3.8, 4) is 11.1 Å². The Hall–Kier alpha value is -1.02. The normalized spacial score (nSPS) is 10.3. The Labute approximate surface area is 85.5 Å². The highest BCUT2D eigenvalue weighted by Gasteiger charge is 2.03. The van der Waals surface area contributed by atoms with E-state index in [9.17, 15) is 0 Å². The van der Waals surface area contributed by atoms with E-state index in [2.05, 4.69) is 28.1 Å². The zero-order valence-corrected chi connectivity index (χ0v) is 8.84. The SMILES string of the molecule is Cc1cocc1-c1cccc(Br)c1. The summed E-state index contributed by atoms with van der Waals surface area (Å²) in [7, 11) is 0. The molecule has 66 valence electrons. The lowest BCUT2D eigenvalue weighted by molar-refractivity contribution is 0.566. The van der Waals surface area contributed by atoms with Crippen LogP contribution in [0.3, 0.4) is 0 Å². The van der Waals surface area contributed by atoms with Gasteiger partial charge in [-0.05, 0) is 30.2 Å². The molecule has 0 aliphatic carbocycles. The fraction of sp³-hybridized carbons (Fsp3) is 0.0909. The molecular weight excluding hydrogens is 228 g/mol. The summed E-state index contributed by atoms with van der Waals surface area (Å²) >= 11 is 3.44. The van der Waals surface area contributed by atoms with Crippen molar-refractivity contribution in [2.24, 2.45) is 0 Å². The first-order chi connectivity index (χ1) is 6.27. The lowest BCUT2D eigenvalue weighted by Gasteiger charge is -1.98. The van der Waals surface area contributed by atoms with E-state index in [1.165, 1.54) is 5.56 Å². The highest BCUT2D eigenvalue weighted by molar-refractivity contribution is 9.10. The van der Waals surface area contributed by atoms with Gasteiger partial charge in [0.05, 0.1) is 12.5 Å². The first kappa shape index (κ1) is 8.57. The predicted octanol–water partition coefficient (Wildman–Crippen LogP) is 4.02. The van der Waals surface area contributed by atoms with Gasteiger partial charge in [0.2, 0.25) is 0 Å². The number of hydrogen-bond acceptors (Lipinski definition) is 1. The topological polar surface area (TPSA) is 13.1 Å². The number of rotatable bonds is 1. The molecule has 0 spiro atoms. The molecule has 0 atom stereocenters. The molecule has 0 aliphatic rings. The van der Waals surface area contributed by atoms with Crippen LogP contribution in [0, 0.1) is 6.92 Å². The van der Waals surface area contributed by atoms with E-state index in [1.54, 1.807) is 12.5 Å². The summed E-state index contributed by atoms with van der Waals surface area (Å²) in [5, 5.41) is 0. The maximum absolute atomic E-state index is 5.12. The lowest BCUT2D eigenvalue weighted by Crippen LogP contribution is -1.76. The van der Waals surface area contributed by atoms with Crippen molar-refractivity contribution in [1.29, 1.82) is 0 Å². The second-order valence-electron chi connectivity index (χ2n) is 2.98. The summed E-state index contributed by atoms with van der Waals surface area (Å²) in [6.07, 6.45) is 3.54. The third kappa shape index (κ3) is 1.68. The van der Waals surface area contributed by atoms with Crippen molar-refractivity contribution in [3.63, 3.8) is 0 Å². The minimum Gasteiger partial charge on any atom is -0.472 e. The molecule has 0 amide bonds. The summed E-state index contributed by atoms with van der Waals surface area (Å²) in [4.78, 5) is 0. The molecule has 0 radical (unpaired) electrons. The van der Waals surface area contributed by atoms with Crippen LogP contribution in [0.1, 0.15) is 5.56 Å². The molecule has 0 N–H and O–H groups in total. The van der Waals surface area contributed by atoms with Crippen LogP contribution in [-0.4, -0.2) is 0 Å². The standard InChI is InChI=1S/C11H9BrO/c1-8-6-13-7-11(8)9-3-2-4-10(12)5-9/h2-7H,1H3. The largest absolute Gasteiger partial charge is 0.472 e. The number of benzene rings is 1. The average Bonchev–Trinajstić information content (AvgIpc) is 2.51. The number of halogens is 1. The molecule has 2 aromatic rings. The van der Waals surface area contributed by atoms with E-state index in [1.807, 2.05) is 19.1 Å². The molecule has 0 aliphatic heterocycles. The van der Waals surface area contributed by atoms with Gasteiger partial charge < -0.3 is 4.42 Å². The monoisotopic (exact) mass is 236 g/mol. The van der Waals surface area contributed by atoms with Gasteiger partial charge in [-0.15, -0.1) is 0 Å². The van der Waals surface area contributed by atoms with E-state index >= 15 is 0 Å². The van der Waals surface area contributed by atoms with Crippen LogP contribution in [0.5, 0.6) is 0 Å². The number of furan rings is 1.